The summed E-state index contributed by atoms with van der Waals surface area (Å²) in [6.07, 6.45) is -0.358. The van der Waals surface area contributed by atoms with Crippen LogP contribution in [0.1, 0.15) is 16.7 Å². The van der Waals surface area contributed by atoms with Gasteiger partial charge in [0.2, 0.25) is 0 Å². The van der Waals surface area contributed by atoms with Gasteiger partial charge in [0.15, 0.2) is 6.61 Å². The van der Waals surface area contributed by atoms with Crippen molar-refractivity contribution < 1.29 is 18.7 Å². The monoisotopic (exact) mass is 383 g/mol. The van der Waals surface area contributed by atoms with E-state index in [-0.39, 0.29) is 17.0 Å². The summed E-state index contributed by atoms with van der Waals surface area (Å²) >= 11 is 12.0. The fourth-order valence-electron chi connectivity index (χ4n) is 2.29. The van der Waals surface area contributed by atoms with Crippen LogP contribution in [0.15, 0.2) is 30.3 Å². The lowest BCUT2D eigenvalue weighted by Gasteiger charge is -2.12. The van der Waals surface area contributed by atoms with E-state index in [0.29, 0.717) is 10.7 Å². The molecule has 0 aliphatic carbocycles. The molecule has 7 heteroatoms. The normalized spacial score (nSPS) is 10.4. The van der Waals surface area contributed by atoms with Crippen LogP contribution in [0.3, 0.4) is 0 Å². The number of halogens is 3. The maximum Gasteiger partial charge on any atom is 0.310 e. The molecule has 0 saturated carbocycles. The molecule has 1 amide bonds. The zero-order valence-corrected chi connectivity index (χ0v) is 15.2. The van der Waals surface area contributed by atoms with E-state index in [1.54, 1.807) is 13.0 Å². The van der Waals surface area contributed by atoms with E-state index in [1.165, 1.54) is 18.2 Å². The van der Waals surface area contributed by atoms with Crippen LogP contribution in [0, 0.1) is 19.7 Å². The Morgan fingerprint density at radius 1 is 1.16 bits per heavy atom. The van der Waals surface area contributed by atoms with Crippen LogP contribution in [-0.4, -0.2) is 18.5 Å². The van der Waals surface area contributed by atoms with E-state index >= 15 is 0 Å². The second-order valence-electron chi connectivity index (χ2n) is 5.52. The van der Waals surface area contributed by atoms with E-state index in [9.17, 15) is 14.0 Å². The minimum atomic E-state index is -0.756. The Labute approximate surface area is 154 Å². The zero-order chi connectivity index (χ0) is 18.6. The van der Waals surface area contributed by atoms with Gasteiger partial charge < -0.3 is 10.1 Å². The highest BCUT2D eigenvalue weighted by atomic mass is 35.5. The standard InChI is InChI=1S/C18H16Cl2FNO3/c1-10-6-11(2)18(14(20)7-10)22-16(23)9-25-17(24)8-12-13(19)4-3-5-15(12)21/h3-7H,8-9H2,1-2H3,(H,22,23). The molecule has 0 heterocycles. The first kappa shape index (κ1) is 19.2. The van der Waals surface area contributed by atoms with Crippen LogP contribution < -0.4 is 5.32 Å². The smallest absolute Gasteiger partial charge is 0.310 e. The van der Waals surface area contributed by atoms with Gasteiger partial charge in [-0.3, -0.25) is 9.59 Å². The molecular formula is C18H16Cl2FNO3. The van der Waals surface area contributed by atoms with Crippen molar-refractivity contribution in [3.8, 4) is 0 Å². The van der Waals surface area contributed by atoms with Gasteiger partial charge >= 0.3 is 5.97 Å². The highest BCUT2D eigenvalue weighted by molar-refractivity contribution is 6.34. The summed E-state index contributed by atoms with van der Waals surface area (Å²) in [4.78, 5) is 23.7. The molecule has 0 bridgehead atoms. The molecule has 4 nitrogen and oxygen atoms in total. The Morgan fingerprint density at radius 3 is 2.52 bits per heavy atom. The van der Waals surface area contributed by atoms with Gasteiger partial charge in [0.25, 0.3) is 5.91 Å². The predicted molar refractivity (Wildman–Crippen MR) is 95.6 cm³/mol. The Balaban J connectivity index is 1.93. The second kappa shape index (κ2) is 8.32. The third kappa shape index (κ3) is 5.18. The molecular weight excluding hydrogens is 368 g/mol. The zero-order valence-electron chi connectivity index (χ0n) is 13.7. The van der Waals surface area contributed by atoms with Crippen LogP contribution in [0.5, 0.6) is 0 Å². The number of anilines is 1. The predicted octanol–water partition coefficient (Wildman–Crippen LogP) is 4.47. The molecule has 25 heavy (non-hydrogen) atoms. The van der Waals surface area contributed by atoms with Gasteiger partial charge in [-0.1, -0.05) is 35.3 Å². The number of rotatable bonds is 5. The molecule has 2 rings (SSSR count). The Hall–Kier alpha value is -2.11. The summed E-state index contributed by atoms with van der Waals surface area (Å²) in [6, 6.07) is 7.70. The van der Waals surface area contributed by atoms with E-state index in [0.717, 1.165) is 11.1 Å². The van der Waals surface area contributed by atoms with Crippen molar-refractivity contribution in [3.63, 3.8) is 0 Å². The van der Waals surface area contributed by atoms with Crippen LogP contribution in [0.25, 0.3) is 0 Å². The molecule has 0 fully saturated rings. The number of hydrogen-bond acceptors (Lipinski definition) is 3. The van der Waals surface area contributed by atoms with Crippen molar-refractivity contribution in [1.82, 2.24) is 0 Å². The van der Waals surface area contributed by atoms with Crippen LogP contribution in [0.2, 0.25) is 10.0 Å². The average molecular weight is 384 g/mol. The molecule has 2 aromatic rings. The van der Waals surface area contributed by atoms with Gasteiger partial charge in [0, 0.05) is 10.6 Å². The first-order valence-electron chi connectivity index (χ1n) is 7.43. The topological polar surface area (TPSA) is 55.4 Å². The number of amides is 1. The molecule has 0 atom stereocenters. The van der Waals surface area contributed by atoms with E-state index in [1.807, 2.05) is 13.0 Å². The van der Waals surface area contributed by atoms with Crippen LogP contribution in [-0.2, 0) is 20.7 Å². The van der Waals surface area contributed by atoms with Gasteiger partial charge in [-0.05, 0) is 43.2 Å². The summed E-state index contributed by atoms with van der Waals surface area (Å²) in [5.74, 6) is -1.90. The molecule has 2 aromatic carbocycles. The number of benzene rings is 2. The van der Waals surface area contributed by atoms with E-state index < -0.39 is 24.3 Å². The minimum absolute atomic E-state index is 0.0343. The fraction of sp³-hybridized carbons (Fsp3) is 0.222. The molecule has 0 aliphatic rings. The summed E-state index contributed by atoms with van der Waals surface area (Å²) in [6.45, 7) is 3.19. The maximum absolute atomic E-state index is 13.6. The van der Waals surface area contributed by atoms with Crippen LogP contribution >= 0.6 is 23.2 Å². The van der Waals surface area contributed by atoms with Gasteiger partial charge in [0.05, 0.1) is 17.1 Å². The number of carbonyl (C=O) groups excluding carboxylic acids is 2. The molecule has 0 saturated heterocycles. The van der Waals surface area contributed by atoms with Crippen molar-refractivity contribution >= 4 is 40.8 Å². The summed E-state index contributed by atoms with van der Waals surface area (Å²) in [5.41, 5.74) is 2.26. The summed E-state index contributed by atoms with van der Waals surface area (Å²) in [5, 5.41) is 3.13. The first-order chi connectivity index (χ1) is 11.8. The van der Waals surface area contributed by atoms with Crippen molar-refractivity contribution in [2.45, 2.75) is 20.3 Å². The quantitative estimate of drug-likeness (QED) is 0.774. The van der Waals surface area contributed by atoms with Gasteiger partial charge in [-0.15, -0.1) is 0 Å². The van der Waals surface area contributed by atoms with Crippen molar-refractivity contribution in [1.29, 1.82) is 0 Å². The molecule has 132 valence electrons. The van der Waals surface area contributed by atoms with E-state index in [4.69, 9.17) is 27.9 Å². The van der Waals surface area contributed by atoms with Gasteiger partial charge in [-0.25, -0.2) is 4.39 Å². The third-order valence-electron chi connectivity index (χ3n) is 3.44. The minimum Gasteiger partial charge on any atom is -0.455 e. The number of esters is 1. The summed E-state index contributed by atoms with van der Waals surface area (Å²) in [7, 11) is 0. The largest absolute Gasteiger partial charge is 0.455 e. The molecule has 0 spiro atoms. The Morgan fingerprint density at radius 2 is 1.88 bits per heavy atom. The van der Waals surface area contributed by atoms with E-state index in [2.05, 4.69) is 5.32 Å². The third-order valence-corrected chi connectivity index (χ3v) is 4.10. The fourth-order valence-corrected chi connectivity index (χ4v) is 2.89. The number of nitrogens with one attached hydrogen (secondary N) is 1. The maximum atomic E-state index is 13.6. The van der Waals surface area contributed by atoms with Gasteiger partial charge in [-0.2, -0.15) is 0 Å². The molecule has 0 aliphatic heterocycles. The summed E-state index contributed by atoms with van der Waals surface area (Å²) < 4.78 is 18.5. The first-order valence-corrected chi connectivity index (χ1v) is 8.18. The highest BCUT2D eigenvalue weighted by Gasteiger charge is 2.15. The van der Waals surface area contributed by atoms with Crippen LogP contribution in [0.4, 0.5) is 10.1 Å². The Kier molecular flexibility index (Phi) is 6.39. The molecule has 0 unspecified atom stereocenters. The molecule has 0 aromatic heterocycles. The Bertz CT molecular complexity index is 781. The highest BCUT2D eigenvalue weighted by Crippen LogP contribution is 2.27. The van der Waals surface area contributed by atoms with Gasteiger partial charge in [0.1, 0.15) is 5.82 Å². The number of aryl methyl sites for hydroxylation is 2. The van der Waals surface area contributed by atoms with Crippen molar-refractivity contribution in [2.75, 3.05) is 11.9 Å². The van der Waals surface area contributed by atoms with Crippen molar-refractivity contribution in [2.24, 2.45) is 0 Å². The lowest BCUT2D eigenvalue weighted by molar-refractivity contribution is -0.146. The SMILES string of the molecule is Cc1cc(C)c(NC(=O)COC(=O)Cc2c(F)cccc2Cl)c(Cl)c1. The lowest BCUT2D eigenvalue weighted by Crippen LogP contribution is -2.22. The number of carbonyl (C=O) groups is 2. The molecule has 1 N–H and O–H groups in total. The number of hydrogen-bond donors (Lipinski definition) is 1. The van der Waals surface area contributed by atoms with Crippen molar-refractivity contribution in [3.05, 3.63) is 62.9 Å². The molecule has 0 radical (unpaired) electrons. The average Bonchev–Trinajstić information content (AvgIpc) is 2.52. The lowest BCUT2D eigenvalue weighted by atomic mass is 10.1. The second-order valence-corrected chi connectivity index (χ2v) is 6.34. The number of ether oxygens (including phenoxy) is 1.